The van der Waals surface area contributed by atoms with Gasteiger partial charge in [-0.15, -0.1) is 21.5 Å². The average Bonchev–Trinajstić information content (AvgIpc) is 3.00. The normalized spacial score (nSPS) is 12.4. The van der Waals surface area contributed by atoms with Crippen molar-refractivity contribution in [1.82, 2.24) is 19.7 Å². The van der Waals surface area contributed by atoms with E-state index in [0.717, 1.165) is 17.4 Å². The van der Waals surface area contributed by atoms with Crippen molar-refractivity contribution >= 4 is 34.1 Å². The van der Waals surface area contributed by atoms with Crippen LogP contribution < -0.4 is 5.32 Å². The summed E-state index contributed by atoms with van der Waals surface area (Å²) in [6.45, 7) is 3.87. The van der Waals surface area contributed by atoms with E-state index in [4.69, 9.17) is 0 Å². The molecule has 0 aliphatic heterocycles. The Bertz CT molecular complexity index is 551. The Labute approximate surface area is 119 Å². The molecule has 0 fully saturated rings. The molecule has 0 aliphatic rings. The van der Waals surface area contributed by atoms with Crippen molar-refractivity contribution in [2.75, 3.05) is 5.32 Å². The lowest BCUT2D eigenvalue weighted by Gasteiger charge is -2.09. The van der Waals surface area contributed by atoms with E-state index in [1.165, 1.54) is 23.1 Å². The number of carbonyl (C=O) groups is 1. The molecule has 102 valence electrons. The molecule has 1 atom stereocenters. The van der Waals surface area contributed by atoms with Gasteiger partial charge in [0.2, 0.25) is 5.91 Å². The van der Waals surface area contributed by atoms with E-state index in [9.17, 15) is 4.79 Å². The maximum atomic E-state index is 12.0. The van der Waals surface area contributed by atoms with Crippen LogP contribution in [-0.2, 0) is 18.3 Å². The van der Waals surface area contributed by atoms with Crippen molar-refractivity contribution in [3.05, 3.63) is 17.4 Å². The van der Waals surface area contributed by atoms with Crippen molar-refractivity contribution in [1.29, 1.82) is 0 Å². The highest BCUT2D eigenvalue weighted by Gasteiger charge is 2.19. The Hall–Kier alpha value is -1.41. The first-order valence-corrected chi connectivity index (χ1v) is 7.63. The second-order valence-corrected chi connectivity index (χ2v) is 6.10. The molecule has 0 saturated carbocycles. The fourth-order valence-corrected chi connectivity index (χ4v) is 2.82. The summed E-state index contributed by atoms with van der Waals surface area (Å²) in [6, 6.07) is 0. The quantitative estimate of drug-likeness (QED) is 0.854. The number of nitrogens with zero attached hydrogens (tertiary/aromatic N) is 4. The molecule has 6 nitrogen and oxygen atoms in total. The summed E-state index contributed by atoms with van der Waals surface area (Å²) in [5.74, 6) is 0.830. The number of hydrogen-bond donors (Lipinski definition) is 1. The van der Waals surface area contributed by atoms with Crippen molar-refractivity contribution in [3.63, 3.8) is 0 Å². The fraction of sp³-hybridized carbons (Fsp3) is 0.455. The van der Waals surface area contributed by atoms with E-state index >= 15 is 0 Å². The predicted octanol–water partition coefficient (Wildman–Crippen LogP) is 1.95. The molecule has 19 heavy (non-hydrogen) atoms. The molecule has 8 heteroatoms. The summed E-state index contributed by atoms with van der Waals surface area (Å²) in [5.41, 5.74) is 0. The van der Waals surface area contributed by atoms with Gasteiger partial charge in [0.15, 0.2) is 10.3 Å². The van der Waals surface area contributed by atoms with Crippen LogP contribution in [0.3, 0.4) is 0 Å². The molecule has 2 aromatic heterocycles. The van der Waals surface area contributed by atoms with Crippen LogP contribution in [0.2, 0.25) is 0 Å². The summed E-state index contributed by atoms with van der Waals surface area (Å²) in [4.78, 5) is 16.0. The van der Waals surface area contributed by atoms with E-state index < -0.39 is 0 Å². The van der Waals surface area contributed by atoms with Crippen LogP contribution in [0.5, 0.6) is 0 Å². The molecule has 0 spiro atoms. The predicted molar refractivity (Wildman–Crippen MR) is 76.4 cm³/mol. The molecule has 0 bridgehead atoms. The maximum absolute atomic E-state index is 12.0. The van der Waals surface area contributed by atoms with E-state index in [1.807, 2.05) is 30.8 Å². The number of rotatable bonds is 5. The highest BCUT2D eigenvalue weighted by molar-refractivity contribution is 8.00. The van der Waals surface area contributed by atoms with Gasteiger partial charge < -0.3 is 9.88 Å². The molecular formula is C11H15N5OS2. The van der Waals surface area contributed by atoms with Gasteiger partial charge in [-0.3, -0.25) is 4.79 Å². The lowest BCUT2D eigenvalue weighted by Crippen LogP contribution is -2.22. The molecule has 1 N–H and O–H groups in total. The van der Waals surface area contributed by atoms with E-state index in [-0.39, 0.29) is 11.2 Å². The van der Waals surface area contributed by atoms with Gasteiger partial charge in [-0.1, -0.05) is 18.7 Å². The Morgan fingerprint density at radius 2 is 2.37 bits per heavy atom. The zero-order chi connectivity index (χ0) is 13.8. The van der Waals surface area contributed by atoms with Crippen LogP contribution >= 0.6 is 23.1 Å². The van der Waals surface area contributed by atoms with Gasteiger partial charge in [0.1, 0.15) is 5.82 Å². The first-order valence-electron chi connectivity index (χ1n) is 5.87. The number of hydrogen-bond acceptors (Lipinski definition) is 6. The number of aryl methyl sites for hydroxylation is 1. The first-order chi connectivity index (χ1) is 9.11. The second-order valence-electron chi connectivity index (χ2n) is 3.90. The lowest BCUT2D eigenvalue weighted by molar-refractivity contribution is -0.115. The van der Waals surface area contributed by atoms with Crippen molar-refractivity contribution < 1.29 is 4.79 Å². The third-order valence-electron chi connectivity index (χ3n) is 2.56. The molecular weight excluding hydrogens is 282 g/mol. The largest absolute Gasteiger partial charge is 0.309 e. The number of thiazole rings is 1. The minimum absolute atomic E-state index is 0.0824. The standard InChI is InChI=1S/C11H15N5OS2/c1-4-8-14-15-11(16(8)3)19-7(2)9(17)13-10-12-5-6-18-10/h5-7H,4H2,1-3H3,(H,12,13,17)/t7-/m0/s1. The highest BCUT2D eigenvalue weighted by Crippen LogP contribution is 2.23. The van der Waals surface area contributed by atoms with Crippen LogP contribution in [-0.4, -0.2) is 30.9 Å². The zero-order valence-electron chi connectivity index (χ0n) is 11.0. The molecule has 0 unspecified atom stereocenters. The van der Waals surface area contributed by atoms with Gasteiger partial charge in [0.25, 0.3) is 0 Å². The Morgan fingerprint density at radius 1 is 1.58 bits per heavy atom. The topological polar surface area (TPSA) is 72.7 Å². The van der Waals surface area contributed by atoms with Crippen molar-refractivity contribution in [2.24, 2.45) is 7.05 Å². The summed E-state index contributed by atoms with van der Waals surface area (Å²) in [6.07, 6.45) is 2.48. The zero-order valence-corrected chi connectivity index (χ0v) is 12.6. The number of amides is 1. The van der Waals surface area contributed by atoms with Crippen LogP contribution in [0.1, 0.15) is 19.7 Å². The maximum Gasteiger partial charge on any atom is 0.239 e. The van der Waals surface area contributed by atoms with Gasteiger partial charge >= 0.3 is 0 Å². The molecule has 0 aliphatic carbocycles. The lowest BCUT2D eigenvalue weighted by atomic mass is 10.4. The number of aromatic nitrogens is 4. The Morgan fingerprint density at radius 3 is 2.95 bits per heavy atom. The molecule has 2 aromatic rings. The molecule has 0 radical (unpaired) electrons. The van der Waals surface area contributed by atoms with Gasteiger partial charge in [0.05, 0.1) is 5.25 Å². The monoisotopic (exact) mass is 297 g/mol. The minimum Gasteiger partial charge on any atom is -0.309 e. The van der Waals surface area contributed by atoms with E-state index in [2.05, 4.69) is 20.5 Å². The molecule has 2 heterocycles. The Balaban J connectivity index is 1.98. The second kappa shape index (κ2) is 6.16. The van der Waals surface area contributed by atoms with Crippen molar-refractivity contribution in [2.45, 2.75) is 30.7 Å². The van der Waals surface area contributed by atoms with Crippen LogP contribution in [0.4, 0.5) is 5.13 Å². The molecule has 1 amide bonds. The summed E-state index contributed by atoms with van der Waals surface area (Å²) in [5, 5.41) is 13.9. The van der Waals surface area contributed by atoms with E-state index in [1.54, 1.807) is 6.20 Å². The number of anilines is 1. The summed E-state index contributed by atoms with van der Waals surface area (Å²) >= 11 is 2.79. The SMILES string of the molecule is CCc1nnc(S[C@@H](C)C(=O)Nc2nccs2)n1C. The number of thioether (sulfide) groups is 1. The average molecular weight is 297 g/mol. The highest BCUT2D eigenvalue weighted by atomic mass is 32.2. The van der Waals surface area contributed by atoms with Gasteiger partial charge in [-0.25, -0.2) is 4.98 Å². The smallest absolute Gasteiger partial charge is 0.239 e. The fourth-order valence-electron chi connectivity index (χ4n) is 1.46. The van der Waals surface area contributed by atoms with Gasteiger partial charge in [-0.2, -0.15) is 0 Å². The number of carbonyl (C=O) groups excluding carboxylic acids is 1. The third kappa shape index (κ3) is 3.32. The third-order valence-corrected chi connectivity index (χ3v) is 4.38. The Kier molecular flexibility index (Phi) is 4.54. The molecule has 0 saturated heterocycles. The first kappa shape index (κ1) is 14.0. The van der Waals surface area contributed by atoms with Gasteiger partial charge in [0, 0.05) is 25.0 Å². The molecule has 2 rings (SSSR count). The van der Waals surface area contributed by atoms with Crippen LogP contribution in [0, 0.1) is 0 Å². The minimum atomic E-state index is -0.253. The number of nitrogens with one attached hydrogen (secondary N) is 1. The van der Waals surface area contributed by atoms with E-state index in [0.29, 0.717) is 5.13 Å². The van der Waals surface area contributed by atoms with Crippen LogP contribution in [0.15, 0.2) is 16.7 Å². The van der Waals surface area contributed by atoms with Gasteiger partial charge in [-0.05, 0) is 6.92 Å². The van der Waals surface area contributed by atoms with Crippen LogP contribution in [0.25, 0.3) is 0 Å². The summed E-state index contributed by atoms with van der Waals surface area (Å²) in [7, 11) is 1.91. The summed E-state index contributed by atoms with van der Waals surface area (Å²) < 4.78 is 1.91. The van der Waals surface area contributed by atoms with Crippen molar-refractivity contribution in [3.8, 4) is 0 Å². The molecule has 0 aromatic carbocycles.